The van der Waals surface area contributed by atoms with Gasteiger partial charge in [0, 0.05) is 10.9 Å². The van der Waals surface area contributed by atoms with E-state index in [9.17, 15) is 4.39 Å². The smallest absolute Gasteiger partial charge is 0.243 e. The largest absolute Gasteiger partial charge is 0.347 e. The van der Waals surface area contributed by atoms with E-state index in [0.717, 1.165) is 10.9 Å². The number of pyridine rings is 1. The molecule has 3 heterocycles. The fourth-order valence-corrected chi connectivity index (χ4v) is 2.64. The van der Waals surface area contributed by atoms with Crippen molar-refractivity contribution in [2.75, 3.05) is 5.32 Å². The van der Waals surface area contributed by atoms with Crippen LogP contribution in [0.25, 0.3) is 22.3 Å². The van der Waals surface area contributed by atoms with Crippen LogP contribution in [-0.4, -0.2) is 30.4 Å². The van der Waals surface area contributed by atoms with Crippen molar-refractivity contribution >= 4 is 28.6 Å². The van der Waals surface area contributed by atoms with Crippen molar-refractivity contribution in [2.24, 2.45) is 0 Å². The maximum absolute atomic E-state index is 13.1. The molecule has 0 saturated heterocycles. The first-order valence-electron chi connectivity index (χ1n) is 7.39. The Labute approximate surface area is 146 Å². The average Bonchev–Trinajstić information content (AvgIpc) is 3.02. The molecule has 25 heavy (non-hydrogen) atoms. The third kappa shape index (κ3) is 3.11. The lowest BCUT2D eigenvalue weighted by atomic mass is 10.2. The summed E-state index contributed by atoms with van der Waals surface area (Å²) >= 11 is 6.19. The molecule has 0 bridgehead atoms. The van der Waals surface area contributed by atoms with Crippen molar-refractivity contribution in [2.45, 2.75) is 6.54 Å². The molecule has 0 amide bonds. The number of nitrogens with zero attached hydrogens (tertiary/aromatic N) is 5. The Kier molecular flexibility index (Phi) is 3.95. The second-order valence-corrected chi connectivity index (χ2v) is 5.61. The van der Waals surface area contributed by atoms with E-state index in [1.54, 1.807) is 18.3 Å². The lowest BCUT2D eigenvalue weighted by Gasteiger charge is -2.06. The van der Waals surface area contributed by atoms with Gasteiger partial charge < -0.3 is 5.32 Å². The molecule has 4 aromatic rings. The predicted molar refractivity (Wildman–Crippen MR) is 91.4 cm³/mol. The van der Waals surface area contributed by atoms with E-state index in [2.05, 4.69) is 35.7 Å². The Morgan fingerprint density at radius 3 is 2.88 bits per heavy atom. The summed E-state index contributed by atoms with van der Waals surface area (Å²) in [5.41, 5.74) is 2.45. The molecular formula is C16H11ClFN7. The zero-order valence-corrected chi connectivity index (χ0v) is 13.5. The van der Waals surface area contributed by atoms with E-state index in [0.29, 0.717) is 34.6 Å². The van der Waals surface area contributed by atoms with Crippen LogP contribution in [0.2, 0.25) is 5.02 Å². The molecule has 0 fully saturated rings. The number of anilines is 1. The number of H-pyrrole nitrogens is 1. The molecule has 0 radical (unpaired) electrons. The van der Waals surface area contributed by atoms with Crippen LogP contribution < -0.4 is 5.32 Å². The highest BCUT2D eigenvalue weighted by Crippen LogP contribution is 2.25. The molecule has 0 atom stereocenters. The summed E-state index contributed by atoms with van der Waals surface area (Å²) < 4.78 is 13.1. The van der Waals surface area contributed by atoms with Gasteiger partial charge in [0.25, 0.3) is 0 Å². The molecule has 0 aliphatic carbocycles. The lowest BCUT2D eigenvalue weighted by molar-refractivity contribution is 0.588. The fraction of sp³-hybridized carbons (Fsp3) is 0.0625. The van der Waals surface area contributed by atoms with Crippen LogP contribution in [0, 0.1) is 5.95 Å². The number of fused-ring (bicyclic) bond motifs is 1. The highest BCUT2D eigenvalue weighted by Gasteiger charge is 2.10. The molecule has 3 aromatic heterocycles. The number of aromatic amines is 1. The van der Waals surface area contributed by atoms with Gasteiger partial charge in [0.2, 0.25) is 11.9 Å². The fourth-order valence-electron chi connectivity index (χ4n) is 2.41. The molecule has 7 nitrogen and oxygen atoms in total. The van der Waals surface area contributed by atoms with Gasteiger partial charge in [-0.2, -0.15) is 14.6 Å². The molecule has 124 valence electrons. The Bertz CT molecular complexity index is 1050. The summed E-state index contributed by atoms with van der Waals surface area (Å²) in [5, 5.41) is 19.1. The first-order chi connectivity index (χ1) is 12.2. The number of hydrogen-bond donors (Lipinski definition) is 2. The van der Waals surface area contributed by atoms with Gasteiger partial charge in [-0.1, -0.05) is 29.8 Å². The van der Waals surface area contributed by atoms with Crippen molar-refractivity contribution in [3.63, 3.8) is 0 Å². The van der Waals surface area contributed by atoms with Crippen molar-refractivity contribution in [3.05, 3.63) is 59.3 Å². The minimum Gasteiger partial charge on any atom is -0.347 e. The Morgan fingerprint density at radius 2 is 2.00 bits per heavy atom. The maximum Gasteiger partial charge on any atom is 0.243 e. The van der Waals surface area contributed by atoms with Gasteiger partial charge in [0.15, 0.2) is 5.65 Å². The van der Waals surface area contributed by atoms with Crippen LogP contribution in [0.3, 0.4) is 0 Å². The van der Waals surface area contributed by atoms with Gasteiger partial charge in [0.1, 0.15) is 0 Å². The molecule has 0 spiro atoms. The second-order valence-electron chi connectivity index (χ2n) is 5.20. The number of hydrogen-bond acceptors (Lipinski definition) is 6. The summed E-state index contributed by atoms with van der Waals surface area (Å²) in [4.78, 5) is 8.16. The number of nitrogens with one attached hydrogen (secondary N) is 2. The monoisotopic (exact) mass is 355 g/mol. The average molecular weight is 356 g/mol. The molecule has 0 aliphatic rings. The van der Waals surface area contributed by atoms with Gasteiger partial charge in [-0.3, -0.25) is 5.10 Å². The first kappa shape index (κ1) is 15.4. The normalized spacial score (nSPS) is 11.0. The zero-order valence-electron chi connectivity index (χ0n) is 12.7. The number of benzene rings is 1. The van der Waals surface area contributed by atoms with Crippen molar-refractivity contribution < 1.29 is 4.39 Å². The topological polar surface area (TPSA) is 92.3 Å². The third-order valence-corrected chi connectivity index (χ3v) is 3.92. The van der Waals surface area contributed by atoms with Crippen LogP contribution in [0.15, 0.2) is 42.6 Å². The van der Waals surface area contributed by atoms with E-state index >= 15 is 0 Å². The Hall–Kier alpha value is -3.13. The van der Waals surface area contributed by atoms with Crippen molar-refractivity contribution in [3.8, 4) is 11.3 Å². The SMILES string of the molecule is Fc1ccc2c(CNc3nncc(-c4ccccc4Cl)n3)n[nH]c2n1. The molecule has 0 unspecified atom stereocenters. The molecule has 0 saturated carbocycles. The first-order valence-corrected chi connectivity index (χ1v) is 7.76. The van der Waals surface area contributed by atoms with Crippen LogP contribution in [0.1, 0.15) is 5.69 Å². The molecule has 2 N–H and O–H groups in total. The molecule has 1 aromatic carbocycles. The quantitative estimate of drug-likeness (QED) is 0.546. The second kappa shape index (κ2) is 6.40. The highest BCUT2D eigenvalue weighted by atomic mass is 35.5. The summed E-state index contributed by atoms with van der Waals surface area (Å²) in [5.74, 6) is -0.223. The van der Waals surface area contributed by atoms with E-state index in [-0.39, 0.29) is 0 Å². The van der Waals surface area contributed by atoms with Gasteiger partial charge >= 0.3 is 0 Å². The predicted octanol–water partition coefficient (Wildman–Crippen LogP) is 3.21. The van der Waals surface area contributed by atoms with Gasteiger partial charge in [0.05, 0.1) is 29.2 Å². The third-order valence-electron chi connectivity index (χ3n) is 3.59. The van der Waals surface area contributed by atoms with E-state index in [4.69, 9.17) is 11.6 Å². The highest BCUT2D eigenvalue weighted by molar-refractivity contribution is 6.33. The molecule has 0 aliphatic heterocycles. The zero-order chi connectivity index (χ0) is 17.2. The van der Waals surface area contributed by atoms with Crippen molar-refractivity contribution in [1.82, 2.24) is 30.4 Å². The van der Waals surface area contributed by atoms with Gasteiger partial charge in [-0.05, 0) is 18.2 Å². The maximum atomic E-state index is 13.1. The van der Waals surface area contributed by atoms with E-state index < -0.39 is 5.95 Å². The molecule has 4 rings (SSSR count). The summed E-state index contributed by atoms with van der Waals surface area (Å²) in [7, 11) is 0. The minimum absolute atomic E-state index is 0.334. The Balaban J connectivity index is 1.57. The van der Waals surface area contributed by atoms with Gasteiger partial charge in [-0.15, -0.1) is 5.10 Å². The number of rotatable bonds is 4. The lowest BCUT2D eigenvalue weighted by Crippen LogP contribution is -2.06. The number of aromatic nitrogens is 6. The summed E-state index contributed by atoms with van der Waals surface area (Å²) in [6.07, 6.45) is 1.54. The van der Waals surface area contributed by atoms with Crippen LogP contribution in [0.5, 0.6) is 0 Å². The number of halogens is 2. The van der Waals surface area contributed by atoms with Gasteiger partial charge in [-0.25, -0.2) is 9.97 Å². The Morgan fingerprint density at radius 1 is 1.12 bits per heavy atom. The van der Waals surface area contributed by atoms with Crippen LogP contribution >= 0.6 is 11.6 Å². The minimum atomic E-state index is -0.560. The van der Waals surface area contributed by atoms with Crippen LogP contribution in [-0.2, 0) is 6.54 Å². The molecular weight excluding hydrogens is 345 g/mol. The molecule has 9 heteroatoms. The van der Waals surface area contributed by atoms with Crippen LogP contribution in [0.4, 0.5) is 10.3 Å². The standard InChI is InChI=1S/C16H11ClFN7/c17-11-4-2-1-3-9(11)12-8-20-25-16(21-12)19-7-13-10-5-6-14(18)22-15(10)24-23-13/h1-6,8H,7H2,(H,19,21,25)(H,22,23,24). The summed E-state index contributed by atoms with van der Waals surface area (Å²) in [6, 6.07) is 10.3. The summed E-state index contributed by atoms with van der Waals surface area (Å²) in [6.45, 7) is 0.334. The van der Waals surface area contributed by atoms with E-state index in [1.807, 2.05) is 18.2 Å². The van der Waals surface area contributed by atoms with Crippen molar-refractivity contribution in [1.29, 1.82) is 0 Å². The van der Waals surface area contributed by atoms with E-state index in [1.165, 1.54) is 6.07 Å².